The van der Waals surface area contributed by atoms with Crippen molar-refractivity contribution in [3.05, 3.63) is 109 Å². The summed E-state index contributed by atoms with van der Waals surface area (Å²) >= 11 is 0. The number of nitrogens with one attached hydrogen (secondary N) is 1. The van der Waals surface area contributed by atoms with Crippen LogP contribution < -0.4 is 19.7 Å². The summed E-state index contributed by atoms with van der Waals surface area (Å²) < 4.78 is 16.8. The Morgan fingerprint density at radius 1 is 0.775 bits per heavy atom. The van der Waals surface area contributed by atoms with Crippen LogP contribution in [-0.4, -0.2) is 30.9 Å². The second kappa shape index (κ2) is 12.2. The number of rotatable bonds is 9. The molecule has 8 nitrogen and oxygen atoms in total. The van der Waals surface area contributed by atoms with Gasteiger partial charge < -0.3 is 24.4 Å². The maximum atomic E-state index is 12.6. The molecule has 1 atom stereocenters. The number of esters is 1. The number of hydrogen-bond acceptors (Lipinski definition) is 6. The van der Waals surface area contributed by atoms with Crippen LogP contribution in [0.4, 0.5) is 11.4 Å². The Kier molecular flexibility index (Phi) is 8.06. The molecule has 0 spiro atoms. The molecule has 5 rings (SSSR count). The molecule has 2 amide bonds. The summed E-state index contributed by atoms with van der Waals surface area (Å²) in [6.45, 7) is 1.74. The average molecular weight is 537 g/mol. The predicted octanol–water partition coefficient (Wildman–Crippen LogP) is 6.11. The maximum Gasteiger partial charge on any atom is 0.311 e. The van der Waals surface area contributed by atoms with Gasteiger partial charge in [-0.05, 0) is 79.7 Å². The lowest BCUT2D eigenvalue weighted by Crippen LogP contribution is -2.28. The monoisotopic (exact) mass is 536 g/mol. The van der Waals surface area contributed by atoms with Crippen LogP contribution in [0.5, 0.6) is 23.0 Å². The summed E-state index contributed by atoms with van der Waals surface area (Å²) in [5.74, 6) is 0.789. The van der Waals surface area contributed by atoms with Gasteiger partial charge in [-0.15, -0.1) is 0 Å². The lowest BCUT2D eigenvalue weighted by Gasteiger charge is -2.17. The third kappa shape index (κ3) is 6.85. The molecule has 4 aromatic rings. The third-order valence-corrected chi connectivity index (χ3v) is 6.33. The van der Waals surface area contributed by atoms with Crippen molar-refractivity contribution in [1.29, 1.82) is 0 Å². The number of para-hydroxylation sites is 1. The van der Waals surface area contributed by atoms with Crippen LogP contribution in [0.1, 0.15) is 12.0 Å². The highest BCUT2D eigenvalue weighted by Crippen LogP contribution is 2.29. The SMILES string of the molecule is Cc1ccc(Oc2ccc(N3C[C@@H](C(=O)OCC(=O)Nc4ccc(Oc5ccccc5)cc4)CC3=O)cc2)cc1. The Morgan fingerprint density at radius 3 is 1.95 bits per heavy atom. The predicted molar refractivity (Wildman–Crippen MR) is 151 cm³/mol. The van der Waals surface area contributed by atoms with E-state index in [2.05, 4.69) is 5.32 Å². The molecular formula is C32H28N2O6. The Labute approximate surface area is 232 Å². The molecule has 0 aromatic heterocycles. The standard InChI is InChI=1S/C32H28N2O6/c1-22-7-13-27(14-8-22)40-29-17-11-25(12-18-29)34-20-23(19-31(34)36)32(37)38-21-30(35)33-24-9-15-28(16-10-24)39-26-5-3-2-4-6-26/h2-18,23H,19-21H2,1H3,(H,33,35)/t23-/m0/s1. The van der Waals surface area contributed by atoms with Crippen molar-refractivity contribution in [2.24, 2.45) is 5.92 Å². The van der Waals surface area contributed by atoms with Gasteiger partial charge in [0.1, 0.15) is 23.0 Å². The first kappa shape index (κ1) is 26.5. The molecule has 1 saturated heterocycles. The van der Waals surface area contributed by atoms with Crippen LogP contribution in [0, 0.1) is 12.8 Å². The number of benzene rings is 4. The van der Waals surface area contributed by atoms with E-state index in [1.54, 1.807) is 53.4 Å². The highest BCUT2D eigenvalue weighted by molar-refractivity contribution is 6.00. The molecule has 202 valence electrons. The number of anilines is 2. The average Bonchev–Trinajstić information content (AvgIpc) is 3.36. The summed E-state index contributed by atoms with van der Waals surface area (Å²) in [7, 11) is 0. The first-order valence-corrected chi connectivity index (χ1v) is 12.9. The van der Waals surface area contributed by atoms with E-state index >= 15 is 0 Å². The zero-order valence-electron chi connectivity index (χ0n) is 21.9. The van der Waals surface area contributed by atoms with E-state index in [4.69, 9.17) is 14.2 Å². The number of amides is 2. The summed E-state index contributed by atoms with van der Waals surface area (Å²) in [5, 5.41) is 2.69. The number of aryl methyl sites for hydroxylation is 1. The van der Waals surface area contributed by atoms with Crippen LogP contribution in [-0.2, 0) is 19.1 Å². The van der Waals surface area contributed by atoms with Gasteiger partial charge >= 0.3 is 5.97 Å². The van der Waals surface area contributed by atoms with Gasteiger partial charge in [-0.2, -0.15) is 0 Å². The van der Waals surface area contributed by atoms with Crippen molar-refractivity contribution in [3.8, 4) is 23.0 Å². The molecule has 1 aliphatic rings. The Bertz CT molecular complexity index is 1470. The fraction of sp³-hybridized carbons (Fsp3) is 0.156. The first-order valence-electron chi connectivity index (χ1n) is 12.9. The zero-order valence-corrected chi connectivity index (χ0v) is 21.9. The molecule has 1 N–H and O–H groups in total. The van der Waals surface area contributed by atoms with Crippen LogP contribution in [0.15, 0.2) is 103 Å². The Morgan fingerprint density at radius 2 is 1.32 bits per heavy atom. The normalized spacial score (nSPS) is 14.5. The van der Waals surface area contributed by atoms with Crippen molar-refractivity contribution >= 4 is 29.2 Å². The quantitative estimate of drug-likeness (QED) is 0.259. The van der Waals surface area contributed by atoms with Gasteiger partial charge in [-0.1, -0.05) is 35.9 Å². The molecule has 0 saturated carbocycles. The van der Waals surface area contributed by atoms with Gasteiger partial charge in [0.2, 0.25) is 5.91 Å². The van der Waals surface area contributed by atoms with Crippen LogP contribution in [0.3, 0.4) is 0 Å². The molecule has 1 fully saturated rings. The van der Waals surface area contributed by atoms with Crippen molar-refractivity contribution in [2.75, 3.05) is 23.4 Å². The Balaban J connectivity index is 1.08. The second-order valence-corrected chi connectivity index (χ2v) is 9.41. The first-order chi connectivity index (χ1) is 19.4. The van der Waals surface area contributed by atoms with Crippen LogP contribution >= 0.6 is 0 Å². The maximum absolute atomic E-state index is 12.6. The van der Waals surface area contributed by atoms with Gasteiger partial charge in [0.05, 0.1) is 5.92 Å². The van der Waals surface area contributed by atoms with Crippen molar-refractivity contribution in [2.45, 2.75) is 13.3 Å². The van der Waals surface area contributed by atoms with Gasteiger partial charge in [0.15, 0.2) is 6.61 Å². The molecule has 0 bridgehead atoms. The van der Waals surface area contributed by atoms with Gasteiger partial charge in [0, 0.05) is 24.3 Å². The minimum Gasteiger partial charge on any atom is -0.457 e. The van der Waals surface area contributed by atoms with E-state index in [0.29, 0.717) is 28.6 Å². The Hall–Kier alpha value is -5.11. The highest BCUT2D eigenvalue weighted by Gasteiger charge is 2.36. The number of carbonyl (C=O) groups is 3. The summed E-state index contributed by atoms with van der Waals surface area (Å²) in [6, 6.07) is 31.0. The molecule has 40 heavy (non-hydrogen) atoms. The van der Waals surface area contributed by atoms with Gasteiger partial charge in [-0.25, -0.2) is 0 Å². The number of hydrogen-bond donors (Lipinski definition) is 1. The molecular weight excluding hydrogens is 508 g/mol. The minimum atomic E-state index is -0.654. The molecule has 0 unspecified atom stereocenters. The largest absolute Gasteiger partial charge is 0.457 e. The third-order valence-electron chi connectivity index (χ3n) is 6.33. The fourth-order valence-corrected chi connectivity index (χ4v) is 4.23. The number of nitrogens with zero attached hydrogens (tertiary/aromatic N) is 1. The molecule has 4 aromatic carbocycles. The van der Waals surface area contributed by atoms with Gasteiger partial charge in [-0.3, -0.25) is 14.4 Å². The van der Waals surface area contributed by atoms with Crippen LogP contribution in [0.2, 0.25) is 0 Å². The van der Waals surface area contributed by atoms with E-state index < -0.39 is 24.4 Å². The smallest absolute Gasteiger partial charge is 0.311 e. The van der Waals surface area contributed by atoms with Crippen LogP contribution in [0.25, 0.3) is 0 Å². The second-order valence-electron chi connectivity index (χ2n) is 9.41. The lowest BCUT2D eigenvalue weighted by atomic mass is 10.1. The van der Waals surface area contributed by atoms with Gasteiger partial charge in [0.25, 0.3) is 5.91 Å². The molecule has 0 radical (unpaired) electrons. The summed E-state index contributed by atoms with van der Waals surface area (Å²) in [6.07, 6.45) is 0.0188. The molecule has 1 aliphatic heterocycles. The van der Waals surface area contributed by atoms with Crippen molar-refractivity contribution in [3.63, 3.8) is 0 Å². The molecule has 1 heterocycles. The van der Waals surface area contributed by atoms with E-state index in [1.165, 1.54) is 0 Å². The fourth-order valence-electron chi connectivity index (χ4n) is 4.23. The number of ether oxygens (including phenoxy) is 3. The topological polar surface area (TPSA) is 94.2 Å². The van der Waals surface area contributed by atoms with Crippen molar-refractivity contribution < 1.29 is 28.6 Å². The molecule has 0 aliphatic carbocycles. The summed E-state index contributed by atoms with van der Waals surface area (Å²) in [5.41, 5.74) is 2.34. The van der Waals surface area contributed by atoms with E-state index in [0.717, 1.165) is 11.3 Å². The lowest BCUT2D eigenvalue weighted by molar-refractivity contribution is -0.151. The van der Waals surface area contributed by atoms with E-state index in [9.17, 15) is 14.4 Å². The van der Waals surface area contributed by atoms with E-state index in [1.807, 2.05) is 61.5 Å². The number of carbonyl (C=O) groups excluding carboxylic acids is 3. The highest BCUT2D eigenvalue weighted by atomic mass is 16.5. The van der Waals surface area contributed by atoms with Crippen molar-refractivity contribution in [1.82, 2.24) is 0 Å². The minimum absolute atomic E-state index is 0.0188. The molecule has 8 heteroatoms. The summed E-state index contributed by atoms with van der Waals surface area (Å²) in [4.78, 5) is 39.1. The zero-order chi connectivity index (χ0) is 27.9. The van der Waals surface area contributed by atoms with E-state index in [-0.39, 0.29) is 18.9 Å².